The summed E-state index contributed by atoms with van der Waals surface area (Å²) in [6, 6.07) is 6.52. The highest BCUT2D eigenvalue weighted by Crippen LogP contribution is 2.17. The second-order valence-corrected chi connectivity index (χ2v) is 14.1. The lowest BCUT2D eigenvalue weighted by molar-refractivity contribution is -0.144. The maximum Gasteiger partial charge on any atom is 0.326 e. The number of benzene rings is 2. The van der Waals surface area contributed by atoms with Gasteiger partial charge in [0.15, 0.2) is 0 Å². The van der Waals surface area contributed by atoms with E-state index in [1.54, 1.807) is 19.2 Å². The van der Waals surface area contributed by atoms with Gasteiger partial charge in [0, 0.05) is 25.9 Å². The van der Waals surface area contributed by atoms with E-state index in [0.717, 1.165) is 32.1 Å². The molecule has 0 radical (unpaired) electrons. The van der Waals surface area contributed by atoms with E-state index in [4.69, 9.17) is 0 Å². The third-order valence-electron chi connectivity index (χ3n) is 9.18. The Morgan fingerprint density at radius 3 is 1.72 bits per heavy atom. The molecule has 0 heterocycles. The SMILES string of the molecule is CCCCCCC[C@@H](NC)[C@H](O)C(=O)N[C@@H](C)C(=O)N(C)[C@@H](CC(C)C)C(=O)N[C@@H](Cc1ccc(O)cc1)C(=O)N[C@@H](Cc1ccc(O)cc1)C(=O)O. The molecule has 0 fully saturated rings. The van der Waals surface area contributed by atoms with E-state index >= 15 is 0 Å². The van der Waals surface area contributed by atoms with Crippen LogP contribution < -0.4 is 21.3 Å². The highest BCUT2D eigenvalue weighted by molar-refractivity contribution is 5.95. The zero-order valence-corrected chi connectivity index (χ0v) is 31.8. The molecule has 0 aromatic heterocycles. The third-order valence-corrected chi connectivity index (χ3v) is 9.18. The molecule has 53 heavy (non-hydrogen) atoms. The quantitative estimate of drug-likeness (QED) is 0.0779. The van der Waals surface area contributed by atoms with Gasteiger partial charge in [-0.25, -0.2) is 4.79 Å². The number of amides is 4. The molecule has 0 saturated heterocycles. The minimum atomic E-state index is -1.40. The number of phenolic OH excluding ortho intramolecular Hbond substituents is 2. The summed E-state index contributed by atoms with van der Waals surface area (Å²) >= 11 is 0. The Hall–Kier alpha value is -4.69. The van der Waals surface area contributed by atoms with E-state index in [1.807, 2.05) is 13.8 Å². The minimum Gasteiger partial charge on any atom is -0.508 e. The summed E-state index contributed by atoms with van der Waals surface area (Å²) in [7, 11) is 3.09. The number of carbonyl (C=O) groups is 5. The molecule has 0 unspecified atom stereocenters. The number of carboxylic acids is 1. The number of carbonyl (C=O) groups excluding carboxylic acids is 4. The summed E-state index contributed by atoms with van der Waals surface area (Å²) in [5, 5.41) is 50.9. The van der Waals surface area contributed by atoms with E-state index in [2.05, 4.69) is 28.2 Å². The first kappa shape index (κ1) is 44.5. The van der Waals surface area contributed by atoms with Gasteiger partial charge in [0.2, 0.25) is 17.7 Å². The lowest BCUT2D eigenvalue weighted by Gasteiger charge is -2.32. The first-order valence-corrected chi connectivity index (χ1v) is 18.4. The van der Waals surface area contributed by atoms with E-state index in [9.17, 15) is 44.4 Å². The van der Waals surface area contributed by atoms with Crippen LogP contribution >= 0.6 is 0 Å². The molecule has 0 saturated carbocycles. The largest absolute Gasteiger partial charge is 0.508 e. The van der Waals surface area contributed by atoms with Crippen molar-refractivity contribution in [2.75, 3.05) is 14.1 Å². The molecule has 2 aromatic carbocycles. The summed E-state index contributed by atoms with van der Waals surface area (Å²) in [4.78, 5) is 67.7. The van der Waals surface area contributed by atoms with Crippen LogP contribution in [-0.2, 0) is 36.8 Å². The number of nitrogens with zero attached hydrogens (tertiary/aromatic N) is 1. The summed E-state index contributed by atoms with van der Waals surface area (Å²) in [5.41, 5.74) is 1.11. The smallest absolute Gasteiger partial charge is 0.326 e. The van der Waals surface area contributed by atoms with E-state index in [0.29, 0.717) is 17.5 Å². The van der Waals surface area contributed by atoms with Crippen LogP contribution in [0.4, 0.5) is 0 Å². The van der Waals surface area contributed by atoms with Gasteiger partial charge in [-0.2, -0.15) is 0 Å². The molecule has 6 atom stereocenters. The summed E-state index contributed by atoms with van der Waals surface area (Å²) in [6.07, 6.45) is 4.33. The number of carboxylic acid groups (broad SMARTS) is 1. The van der Waals surface area contributed by atoms with Crippen LogP contribution in [0.1, 0.15) is 83.8 Å². The molecule has 4 amide bonds. The van der Waals surface area contributed by atoms with Crippen LogP contribution in [0.3, 0.4) is 0 Å². The average Bonchev–Trinajstić information content (AvgIpc) is 3.12. The number of aliphatic carboxylic acids is 1. The predicted molar refractivity (Wildman–Crippen MR) is 201 cm³/mol. The fraction of sp³-hybridized carbons (Fsp3) is 0.564. The van der Waals surface area contributed by atoms with Crippen LogP contribution in [0, 0.1) is 5.92 Å². The Labute approximate surface area is 312 Å². The Bertz CT molecular complexity index is 1470. The highest BCUT2D eigenvalue weighted by atomic mass is 16.4. The number of hydrogen-bond acceptors (Lipinski definition) is 9. The number of hydrogen-bond donors (Lipinski definition) is 8. The maximum absolute atomic E-state index is 14.0. The highest BCUT2D eigenvalue weighted by Gasteiger charge is 2.35. The minimum absolute atomic E-state index is 0.000956. The van der Waals surface area contributed by atoms with Gasteiger partial charge < -0.3 is 46.6 Å². The summed E-state index contributed by atoms with van der Waals surface area (Å²) in [6.45, 7) is 7.32. The van der Waals surface area contributed by atoms with Gasteiger partial charge in [0.05, 0.1) is 0 Å². The van der Waals surface area contributed by atoms with E-state index < -0.39 is 65.9 Å². The molecule has 0 aliphatic carbocycles. The number of unbranched alkanes of at least 4 members (excludes halogenated alkanes) is 4. The van der Waals surface area contributed by atoms with Gasteiger partial charge in [-0.15, -0.1) is 0 Å². The van der Waals surface area contributed by atoms with Gasteiger partial charge in [-0.1, -0.05) is 77.1 Å². The Kier molecular flexibility index (Phi) is 18.8. The first-order chi connectivity index (χ1) is 25.1. The molecule has 2 rings (SSSR count). The fourth-order valence-electron chi connectivity index (χ4n) is 6.00. The van der Waals surface area contributed by atoms with Gasteiger partial charge in [-0.3, -0.25) is 19.2 Å². The van der Waals surface area contributed by atoms with Crippen molar-refractivity contribution in [1.29, 1.82) is 0 Å². The number of aromatic hydroxyl groups is 2. The maximum atomic E-state index is 14.0. The standard InChI is InChI=1S/C39H59N5O9/c1-7-8-9-10-11-12-30(40-5)34(47)37(50)41-25(4)38(51)44(6)33(21-24(2)3)36(49)42-31(22-26-13-17-28(45)18-14-26)35(48)43-32(39(52)53)23-27-15-19-29(46)20-16-27/h13-20,24-25,30-34,40,45-47H,7-12,21-23H2,1-6H3,(H,41,50)(H,42,49)(H,43,48)(H,52,53)/t25-,30+,31-,32-,33-,34-/m0/s1. The molecule has 0 bridgehead atoms. The summed E-state index contributed by atoms with van der Waals surface area (Å²) < 4.78 is 0. The average molecular weight is 742 g/mol. The van der Waals surface area contributed by atoms with Crippen molar-refractivity contribution in [3.05, 3.63) is 59.7 Å². The normalized spacial score (nSPS) is 14.6. The number of phenols is 2. The lowest BCUT2D eigenvalue weighted by atomic mass is 9.99. The topological polar surface area (TPSA) is 218 Å². The third kappa shape index (κ3) is 15.1. The monoisotopic (exact) mass is 741 g/mol. The molecular weight excluding hydrogens is 682 g/mol. The second kappa shape index (κ2) is 22.4. The molecule has 294 valence electrons. The predicted octanol–water partition coefficient (Wildman–Crippen LogP) is 2.62. The molecular formula is C39H59N5O9. The molecule has 0 aliphatic heterocycles. The zero-order valence-electron chi connectivity index (χ0n) is 31.8. The summed E-state index contributed by atoms with van der Waals surface area (Å²) in [5.74, 6) is -4.15. The van der Waals surface area contributed by atoms with Gasteiger partial charge in [0.1, 0.15) is 41.8 Å². The molecule has 2 aromatic rings. The fourth-order valence-corrected chi connectivity index (χ4v) is 6.00. The van der Waals surface area contributed by atoms with Crippen LogP contribution in [0.2, 0.25) is 0 Å². The van der Waals surface area contributed by atoms with E-state index in [-0.39, 0.29) is 36.7 Å². The number of likely N-dealkylation sites (N-methyl/N-ethyl adjacent to an activating group) is 2. The lowest BCUT2D eigenvalue weighted by Crippen LogP contribution is -2.59. The van der Waals surface area contributed by atoms with Crippen molar-refractivity contribution >= 4 is 29.6 Å². The van der Waals surface area contributed by atoms with Crippen molar-refractivity contribution in [1.82, 2.24) is 26.2 Å². The molecule has 14 nitrogen and oxygen atoms in total. The first-order valence-electron chi connectivity index (χ1n) is 18.4. The van der Waals surface area contributed by atoms with Crippen molar-refractivity contribution < 1.29 is 44.4 Å². The van der Waals surface area contributed by atoms with Gasteiger partial charge >= 0.3 is 5.97 Å². The van der Waals surface area contributed by atoms with Crippen molar-refractivity contribution in [3.8, 4) is 11.5 Å². The molecule has 0 aliphatic rings. The van der Waals surface area contributed by atoms with Crippen molar-refractivity contribution in [3.63, 3.8) is 0 Å². The Balaban J connectivity index is 2.24. The number of aliphatic hydroxyl groups is 1. The van der Waals surface area contributed by atoms with Crippen LogP contribution in [0.5, 0.6) is 11.5 Å². The number of nitrogens with one attached hydrogen (secondary N) is 4. The Morgan fingerprint density at radius 1 is 0.717 bits per heavy atom. The van der Waals surface area contributed by atoms with Crippen LogP contribution in [-0.4, -0.2) is 105 Å². The second-order valence-electron chi connectivity index (χ2n) is 14.1. The van der Waals surface area contributed by atoms with E-state index in [1.165, 1.54) is 55.3 Å². The molecule has 14 heteroatoms. The van der Waals surface area contributed by atoms with Gasteiger partial charge in [-0.05, 0) is 68.1 Å². The number of rotatable bonds is 23. The van der Waals surface area contributed by atoms with Crippen molar-refractivity contribution in [2.24, 2.45) is 5.92 Å². The van der Waals surface area contributed by atoms with Crippen LogP contribution in [0.15, 0.2) is 48.5 Å². The molecule has 8 N–H and O–H groups in total. The molecule has 0 spiro atoms. The number of aliphatic hydroxyl groups excluding tert-OH is 1. The zero-order chi connectivity index (χ0) is 39.7. The Morgan fingerprint density at radius 2 is 1.23 bits per heavy atom. The van der Waals surface area contributed by atoms with Gasteiger partial charge in [0.25, 0.3) is 5.91 Å². The van der Waals surface area contributed by atoms with Crippen molar-refractivity contribution in [2.45, 2.75) is 122 Å². The van der Waals surface area contributed by atoms with Crippen LogP contribution in [0.25, 0.3) is 0 Å².